The van der Waals surface area contributed by atoms with Crippen LogP contribution in [0.5, 0.6) is 5.75 Å². The number of halogens is 1. The SMILES string of the molecule is CCC(C)NC(=O)COc1ccc(C(C)O)cc1F. The van der Waals surface area contributed by atoms with Gasteiger partial charge in [-0.3, -0.25) is 4.79 Å². The molecule has 0 saturated heterocycles. The van der Waals surface area contributed by atoms with E-state index in [-0.39, 0.29) is 24.3 Å². The first-order valence-electron chi connectivity index (χ1n) is 6.33. The van der Waals surface area contributed by atoms with Crippen LogP contribution in [0, 0.1) is 5.82 Å². The van der Waals surface area contributed by atoms with Gasteiger partial charge in [-0.1, -0.05) is 13.0 Å². The molecule has 0 aliphatic heterocycles. The van der Waals surface area contributed by atoms with E-state index >= 15 is 0 Å². The van der Waals surface area contributed by atoms with Crippen LogP contribution >= 0.6 is 0 Å². The lowest BCUT2D eigenvalue weighted by molar-refractivity contribution is -0.123. The van der Waals surface area contributed by atoms with Gasteiger partial charge in [-0.25, -0.2) is 4.39 Å². The summed E-state index contributed by atoms with van der Waals surface area (Å²) in [4.78, 5) is 11.5. The lowest BCUT2D eigenvalue weighted by Crippen LogP contribution is -2.35. The molecule has 0 heterocycles. The predicted octanol–water partition coefficient (Wildman–Crippen LogP) is 2.17. The van der Waals surface area contributed by atoms with Crippen molar-refractivity contribution in [1.29, 1.82) is 0 Å². The van der Waals surface area contributed by atoms with Gasteiger partial charge in [0.1, 0.15) is 0 Å². The number of aliphatic hydroxyl groups is 1. The van der Waals surface area contributed by atoms with Gasteiger partial charge in [0.15, 0.2) is 18.2 Å². The largest absolute Gasteiger partial charge is 0.481 e. The van der Waals surface area contributed by atoms with Crippen molar-refractivity contribution in [2.45, 2.75) is 39.3 Å². The maximum absolute atomic E-state index is 13.6. The topological polar surface area (TPSA) is 58.6 Å². The van der Waals surface area contributed by atoms with Gasteiger partial charge in [0.25, 0.3) is 5.91 Å². The van der Waals surface area contributed by atoms with E-state index in [1.54, 1.807) is 13.0 Å². The maximum atomic E-state index is 13.6. The van der Waals surface area contributed by atoms with Gasteiger partial charge in [-0.15, -0.1) is 0 Å². The second kappa shape index (κ2) is 7.09. The molecule has 0 aromatic heterocycles. The zero-order chi connectivity index (χ0) is 14.4. The molecule has 2 atom stereocenters. The van der Waals surface area contributed by atoms with Gasteiger partial charge in [-0.2, -0.15) is 0 Å². The molecule has 0 spiro atoms. The second-order valence-corrected chi connectivity index (χ2v) is 4.53. The fraction of sp³-hybridized carbons (Fsp3) is 0.500. The summed E-state index contributed by atoms with van der Waals surface area (Å²) in [6.07, 6.45) is 0.0840. The molecule has 1 aromatic rings. The molecule has 0 fully saturated rings. The number of carbonyl (C=O) groups is 1. The number of rotatable bonds is 6. The van der Waals surface area contributed by atoms with Crippen LogP contribution in [0.4, 0.5) is 4.39 Å². The minimum Gasteiger partial charge on any atom is -0.481 e. The van der Waals surface area contributed by atoms with E-state index in [1.807, 2.05) is 13.8 Å². The maximum Gasteiger partial charge on any atom is 0.258 e. The first-order chi connectivity index (χ1) is 8.93. The van der Waals surface area contributed by atoms with E-state index in [4.69, 9.17) is 4.74 Å². The Morgan fingerprint density at radius 2 is 2.16 bits per heavy atom. The first kappa shape index (κ1) is 15.4. The van der Waals surface area contributed by atoms with Crippen LogP contribution in [0.1, 0.15) is 38.9 Å². The molecule has 0 bridgehead atoms. The molecular weight excluding hydrogens is 249 g/mol. The predicted molar refractivity (Wildman–Crippen MR) is 70.4 cm³/mol. The third-order valence-corrected chi connectivity index (χ3v) is 2.82. The van der Waals surface area contributed by atoms with E-state index in [9.17, 15) is 14.3 Å². The summed E-state index contributed by atoms with van der Waals surface area (Å²) in [5, 5.41) is 12.0. The Labute approximate surface area is 112 Å². The summed E-state index contributed by atoms with van der Waals surface area (Å²) >= 11 is 0. The van der Waals surface area contributed by atoms with Crippen molar-refractivity contribution in [3.63, 3.8) is 0 Å². The lowest BCUT2D eigenvalue weighted by atomic mass is 10.1. The Hall–Kier alpha value is -1.62. The van der Waals surface area contributed by atoms with Crippen molar-refractivity contribution in [1.82, 2.24) is 5.32 Å². The summed E-state index contributed by atoms with van der Waals surface area (Å²) in [5.74, 6) is -0.869. The number of hydrogen-bond donors (Lipinski definition) is 2. The fourth-order valence-corrected chi connectivity index (χ4v) is 1.46. The third kappa shape index (κ3) is 4.87. The first-order valence-corrected chi connectivity index (χ1v) is 6.33. The highest BCUT2D eigenvalue weighted by Gasteiger charge is 2.10. The van der Waals surface area contributed by atoms with Crippen LogP contribution in [0.3, 0.4) is 0 Å². The van der Waals surface area contributed by atoms with Crippen LogP contribution in [-0.2, 0) is 4.79 Å². The Morgan fingerprint density at radius 3 is 2.68 bits per heavy atom. The average Bonchev–Trinajstić information content (AvgIpc) is 2.36. The van der Waals surface area contributed by atoms with Gasteiger partial charge in [0.2, 0.25) is 0 Å². The average molecular weight is 269 g/mol. The van der Waals surface area contributed by atoms with Gasteiger partial charge in [0, 0.05) is 6.04 Å². The zero-order valence-corrected chi connectivity index (χ0v) is 11.4. The standard InChI is InChI=1S/C14H20FNO3/c1-4-9(2)16-14(18)8-19-13-6-5-11(10(3)17)7-12(13)15/h5-7,9-10,17H,4,8H2,1-3H3,(H,16,18). The number of carbonyl (C=O) groups excluding carboxylic acids is 1. The molecule has 0 saturated carbocycles. The second-order valence-electron chi connectivity index (χ2n) is 4.53. The van der Waals surface area contributed by atoms with Crippen molar-refractivity contribution in [3.05, 3.63) is 29.6 Å². The third-order valence-electron chi connectivity index (χ3n) is 2.82. The molecule has 2 N–H and O–H groups in total. The smallest absolute Gasteiger partial charge is 0.258 e. The summed E-state index contributed by atoms with van der Waals surface area (Å²) in [6.45, 7) is 5.17. The number of aliphatic hydroxyl groups excluding tert-OH is 1. The van der Waals surface area contributed by atoms with Crippen LogP contribution in [0.15, 0.2) is 18.2 Å². The van der Waals surface area contributed by atoms with Crippen LogP contribution in [0.25, 0.3) is 0 Å². The van der Waals surface area contributed by atoms with Gasteiger partial charge in [-0.05, 0) is 38.0 Å². The molecular formula is C14H20FNO3. The van der Waals surface area contributed by atoms with Crippen LogP contribution < -0.4 is 10.1 Å². The van der Waals surface area contributed by atoms with Crippen molar-refractivity contribution >= 4 is 5.91 Å². The molecule has 1 rings (SSSR count). The number of benzene rings is 1. The Kier molecular flexibility index (Phi) is 5.76. The summed E-state index contributed by atoms with van der Waals surface area (Å²) in [5.41, 5.74) is 0.467. The number of hydrogen-bond acceptors (Lipinski definition) is 3. The van der Waals surface area contributed by atoms with Crippen LogP contribution in [-0.4, -0.2) is 23.7 Å². The van der Waals surface area contributed by atoms with E-state index in [2.05, 4.69) is 5.32 Å². The van der Waals surface area contributed by atoms with E-state index < -0.39 is 11.9 Å². The van der Waals surface area contributed by atoms with E-state index in [1.165, 1.54) is 12.1 Å². The number of nitrogens with one attached hydrogen (secondary N) is 1. The molecule has 1 amide bonds. The monoisotopic (exact) mass is 269 g/mol. The molecule has 5 heteroatoms. The molecule has 0 radical (unpaired) electrons. The fourth-order valence-electron chi connectivity index (χ4n) is 1.46. The summed E-state index contributed by atoms with van der Waals surface area (Å²) in [6, 6.07) is 4.24. The highest BCUT2D eigenvalue weighted by Crippen LogP contribution is 2.21. The minimum absolute atomic E-state index is 0.00343. The summed E-state index contributed by atoms with van der Waals surface area (Å²) < 4.78 is 18.7. The highest BCUT2D eigenvalue weighted by molar-refractivity contribution is 5.77. The normalized spacial score (nSPS) is 13.7. The Balaban J connectivity index is 2.56. The zero-order valence-electron chi connectivity index (χ0n) is 11.4. The van der Waals surface area contributed by atoms with Gasteiger partial charge in [0.05, 0.1) is 6.10 Å². The van der Waals surface area contributed by atoms with E-state index in [0.29, 0.717) is 5.56 Å². The molecule has 19 heavy (non-hydrogen) atoms. The van der Waals surface area contributed by atoms with Crippen molar-refractivity contribution < 1.29 is 19.0 Å². The van der Waals surface area contributed by atoms with Gasteiger partial charge >= 0.3 is 0 Å². The van der Waals surface area contributed by atoms with Crippen LogP contribution in [0.2, 0.25) is 0 Å². The van der Waals surface area contributed by atoms with E-state index in [0.717, 1.165) is 6.42 Å². The molecule has 4 nitrogen and oxygen atoms in total. The van der Waals surface area contributed by atoms with Crippen molar-refractivity contribution in [2.75, 3.05) is 6.61 Å². The molecule has 106 valence electrons. The minimum atomic E-state index is -0.739. The summed E-state index contributed by atoms with van der Waals surface area (Å²) in [7, 11) is 0. The molecule has 0 aliphatic carbocycles. The Bertz CT molecular complexity index is 435. The lowest BCUT2D eigenvalue weighted by Gasteiger charge is -2.13. The van der Waals surface area contributed by atoms with Gasteiger partial charge < -0.3 is 15.2 Å². The van der Waals surface area contributed by atoms with Crippen molar-refractivity contribution in [2.24, 2.45) is 0 Å². The molecule has 1 aromatic carbocycles. The quantitative estimate of drug-likeness (QED) is 0.832. The molecule has 0 aliphatic rings. The van der Waals surface area contributed by atoms with Crippen molar-refractivity contribution in [3.8, 4) is 5.75 Å². The molecule has 2 unspecified atom stereocenters. The Morgan fingerprint density at radius 1 is 1.47 bits per heavy atom. The number of ether oxygens (including phenoxy) is 1. The highest BCUT2D eigenvalue weighted by atomic mass is 19.1. The number of amides is 1.